The Morgan fingerprint density at radius 2 is 1.92 bits per heavy atom. The van der Waals surface area contributed by atoms with Crippen molar-refractivity contribution < 1.29 is 4.39 Å². The molecule has 0 aliphatic carbocycles. The third-order valence-corrected chi connectivity index (χ3v) is 3.70. The van der Waals surface area contributed by atoms with E-state index in [4.69, 9.17) is 0 Å². The van der Waals surface area contributed by atoms with Crippen LogP contribution in [-0.2, 0) is 0 Å². The number of aromatic nitrogens is 4. The normalized spacial score (nSPS) is 10.9. The summed E-state index contributed by atoms with van der Waals surface area (Å²) in [7, 11) is 0. The van der Waals surface area contributed by atoms with Gasteiger partial charge in [-0.25, -0.2) is 19.0 Å². The van der Waals surface area contributed by atoms with Crippen LogP contribution < -0.4 is 5.32 Å². The summed E-state index contributed by atoms with van der Waals surface area (Å²) < 4.78 is 15.1. The lowest BCUT2D eigenvalue weighted by molar-refractivity contribution is 0.628. The molecule has 4 aromatic rings. The van der Waals surface area contributed by atoms with Gasteiger partial charge in [0.1, 0.15) is 18.0 Å². The zero-order chi connectivity index (χ0) is 16.5. The lowest BCUT2D eigenvalue weighted by Gasteiger charge is -2.07. The highest BCUT2D eigenvalue weighted by atomic mass is 19.1. The van der Waals surface area contributed by atoms with Gasteiger partial charge in [-0.3, -0.25) is 0 Å². The minimum Gasteiger partial charge on any atom is -0.339 e. The van der Waals surface area contributed by atoms with Crippen LogP contribution in [0.15, 0.2) is 61.1 Å². The molecule has 0 saturated carbocycles. The van der Waals surface area contributed by atoms with Gasteiger partial charge < -0.3 is 5.32 Å². The Labute approximate surface area is 137 Å². The van der Waals surface area contributed by atoms with Crippen LogP contribution in [0.25, 0.3) is 16.7 Å². The van der Waals surface area contributed by atoms with E-state index in [0.29, 0.717) is 17.2 Å². The zero-order valence-corrected chi connectivity index (χ0v) is 12.9. The molecule has 1 N–H and O–H groups in total. The largest absolute Gasteiger partial charge is 0.339 e. The molecule has 0 aliphatic rings. The highest BCUT2D eigenvalue weighted by Gasteiger charge is 2.11. The third-order valence-electron chi connectivity index (χ3n) is 3.70. The fraction of sp³-hybridized carbons (Fsp3) is 0.0556. The van der Waals surface area contributed by atoms with Crippen LogP contribution in [0.1, 0.15) is 5.56 Å². The first-order valence-corrected chi connectivity index (χ1v) is 7.49. The zero-order valence-electron chi connectivity index (χ0n) is 12.9. The topological polar surface area (TPSA) is 55.6 Å². The Morgan fingerprint density at radius 1 is 1.04 bits per heavy atom. The van der Waals surface area contributed by atoms with Gasteiger partial charge in [-0.15, -0.1) is 0 Å². The van der Waals surface area contributed by atoms with Crippen molar-refractivity contribution in [3.8, 4) is 5.69 Å². The van der Waals surface area contributed by atoms with Crippen molar-refractivity contribution >= 4 is 22.5 Å². The molecule has 5 nitrogen and oxygen atoms in total. The van der Waals surface area contributed by atoms with Crippen molar-refractivity contribution in [3.05, 3.63) is 72.4 Å². The molecule has 2 heterocycles. The molecule has 0 fully saturated rings. The first-order valence-electron chi connectivity index (χ1n) is 7.49. The molecular weight excluding hydrogens is 305 g/mol. The van der Waals surface area contributed by atoms with E-state index in [-0.39, 0.29) is 5.82 Å². The molecular formula is C18H14FN5. The lowest BCUT2D eigenvalue weighted by atomic mass is 10.2. The molecule has 0 spiro atoms. The molecule has 0 atom stereocenters. The predicted octanol–water partition coefficient (Wildman–Crippen LogP) is 4.01. The molecule has 4 rings (SSSR count). The van der Waals surface area contributed by atoms with Gasteiger partial charge in [0.05, 0.1) is 17.3 Å². The van der Waals surface area contributed by atoms with Crippen molar-refractivity contribution in [3.63, 3.8) is 0 Å². The number of anilines is 2. The Hall–Kier alpha value is -3.28. The summed E-state index contributed by atoms with van der Waals surface area (Å²) in [6.45, 7) is 2.03. The van der Waals surface area contributed by atoms with E-state index in [1.54, 1.807) is 23.0 Å². The van der Waals surface area contributed by atoms with Crippen LogP contribution >= 0.6 is 0 Å². The Bertz CT molecular complexity index is 1020. The minimum atomic E-state index is -0.305. The van der Waals surface area contributed by atoms with Crippen LogP contribution in [0.5, 0.6) is 0 Å². The maximum absolute atomic E-state index is 13.4. The van der Waals surface area contributed by atoms with Crippen molar-refractivity contribution in [2.45, 2.75) is 6.92 Å². The molecule has 6 heteroatoms. The standard InChI is InChI=1S/C18H14FN5/c1-12-4-2-7-15(8-12)24-18-16(10-22-24)17(20-11-21-18)23-14-6-3-5-13(19)9-14/h2-11H,1H3,(H,20,21,23). The first-order chi connectivity index (χ1) is 11.7. The SMILES string of the molecule is Cc1cccc(-n2ncc3c(Nc4cccc(F)c4)ncnc32)c1. The lowest BCUT2D eigenvalue weighted by Crippen LogP contribution is -2.00. The van der Waals surface area contributed by atoms with Gasteiger partial charge in [0, 0.05) is 5.69 Å². The van der Waals surface area contributed by atoms with Crippen LogP contribution in [0.3, 0.4) is 0 Å². The quantitative estimate of drug-likeness (QED) is 0.620. The predicted molar refractivity (Wildman–Crippen MR) is 91.1 cm³/mol. The van der Waals surface area contributed by atoms with Gasteiger partial charge in [0.2, 0.25) is 0 Å². The number of halogens is 1. The third kappa shape index (κ3) is 2.58. The highest BCUT2D eigenvalue weighted by Crippen LogP contribution is 2.25. The molecule has 2 aromatic carbocycles. The van der Waals surface area contributed by atoms with E-state index in [0.717, 1.165) is 16.6 Å². The van der Waals surface area contributed by atoms with Gasteiger partial charge in [0.15, 0.2) is 5.65 Å². The number of benzene rings is 2. The fourth-order valence-electron chi connectivity index (χ4n) is 2.60. The Kier molecular flexibility index (Phi) is 3.42. The number of fused-ring (bicyclic) bond motifs is 1. The molecule has 118 valence electrons. The van der Waals surface area contributed by atoms with Crippen molar-refractivity contribution in [2.24, 2.45) is 0 Å². The molecule has 2 aromatic heterocycles. The Balaban J connectivity index is 1.79. The Morgan fingerprint density at radius 3 is 2.75 bits per heavy atom. The summed E-state index contributed by atoms with van der Waals surface area (Å²) >= 11 is 0. The smallest absolute Gasteiger partial charge is 0.168 e. The van der Waals surface area contributed by atoms with Crippen LogP contribution in [0.2, 0.25) is 0 Å². The number of nitrogens with zero attached hydrogens (tertiary/aromatic N) is 4. The van der Waals surface area contributed by atoms with E-state index >= 15 is 0 Å². The van der Waals surface area contributed by atoms with Gasteiger partial charge in [-0.05, 0) is 42.8 Å². The summed E-state index contributed by atoms with van der Waals surface area (Å²) in [5.41, 5.74) is 3.39. The molecule has 0 aliphatic heterocycles. The van der Waals surface area contributed by atoms with Gasteiger partial charge in [0.25, 0.3) is 0 Å². The fourth-order valence-corrected chi connectivity index (χ4v) is 2.60. The van der Waals surface area contributed by atoms with Gasteiger partial charge in [-0.1, -0.05) is 18.2 Å². The number of nitrogens with one attached hydrogen (secondary N) is 1. The van der Waals surface area contributed by atoms with Crippen LogP contribution in [0.4, 0.5) is 15.9 Å². The monoisotopic (exact) mass is 319 g/mol. The highest BCUT2D eigenvalue weighted by molar-refractivity contribution is 5.89. The van der Waals surface area contributed by atoms with Crippen molar-refractivity contribution in [2.75, 3.05) is 5.32 Å². The number of aryl methyl sites for hydroxylation is 1. The second-order valence-electron chi connectivity index (χ2n) is 5.49. The van der Waals surface area contributed by atoms with Crippen molar-refractivity contribution in [1.82, 2.24) is 19.7 Å². The van der Waals surface area contributed by atoms with Crippen LogP contribution in [-0.4, -0.2) is 19.7 Å². The molecule has 0 amide bonds. The second kappa shape index (κ2) is 5.73. The first kappa shape index (κ1) is 14.3. The van der Waals surface area contributed by atoms with E-state index < -0.39 is 0 Å². The summed E-state index contributed by atoms with van der Waals surface area (Å²) in [5, 5.41) is 8.31. The van der Waals surface area contributed by atoms with E-state index in [1.165, 1.54) is 18.5 Å². The summed E-state index contributed by atoms with van der Waals surface area (Å²) in [6.07, 6.45) is 3.18. The summed E-state index contributed by atoms with van der Waals surface area (Å²) in [6, 6.07) is 14.3. The van der Waals surface area contributed by atoms with Gasteiger partial charge in [-0.2, -0.15) is 5.10 Å². The maximum atomic E-state index is 13.4. The van der Waals surface area contributed by atoms with Gasteiger partial charge >= 0.3 is 0 Å². The maximum Gasteiger partial charge on any atom is 0.168 e. The van der Waals surface area contributed by atoms with Crippen molar-refractivity contribution in [1.29, 1.82) is 0 Å². The summed E-state index contributed by atoms with van der Waals surface area (Å²) in [4.78, 5) is 8.60. The minimum absolute atomic E-state index is 0.305. The molecule has 0 unspecified atom stereocenters. The van der Waals surface area contributed by atoms with Crippen LogP contribution in [0, 0.1) is 12.7 Å². The number of hydrogen-bond acceptors (Lipinski definition) is 4. The number of rotatable bonds is 3. The molecule has 0 saturated heterocycles. The molecule has 24 heavy (non-hydrogen) atoms. The number of hydrogen-bond donors (Lipinski definition) is 1. The average Bonchev–Trinajstić information content (AvgIpc) is 3.00. The van der Waals surface area contributed by atoms with E-state index in [9.17, 15) is 4.39 Å². The average molecular weight is 319 g/mol. The van der Waals surface area contributed by atoms with E-state index in [2.05, 4.69) is 20.4 Å². The summed E-state index contributed by atoms with van der Waals surface area (Å²) in [5.74, 6) is 0.283. The second-order valence-corrected chi connectivity index (χ2v) is 5.49. The molecule has 0 radical (unpaired) electrons. The molecule has 0 bridgehead atoms. The van der Waals surface area contributed by atoms with E-state index in [1.807, 2.05) is 31.2 Å².